The first-order valence-electron chi connectivity index (χ1n) is 2.37. The molecule has 0 fully saturated rings. The topological polar surface area (TPSA) is 0 Å². The Morgan fingerprint density at radius 2 is 2.29 bits per heavy atom. The summed E-state index contributed by atoms with van der Waals surface area (Å²) in [6.45, 7) is 7.79. The lowest BCUT2D eigenvalue weighted by atomic mass is 10.5. The maximum Gasteiger partial charge on any atom is 0.0199 e. The molecule has 0 saturated heterocycles. The molecule has 0 bridgehead atoms. The lowest BCUT2D eigenvalue weighted by Gasteiger charge is -1.98. The van der Waals surface area contributed by atoms with Crippen molar-refractivity contribution in [3.05, 3.63) is 18.4 Å². The summed E-state index contributed by atoms with van der Waals surface area (Å²) in [5.74, 6) is 2.08. The Morgan fingerprint density at radius 1 is 1.71 bits per heavy atom. The first-order chi connectivity index (χ1) is 3.31. The maximum absolute atomic E-state index is 3.64. The van der Waals surface area contributed by atoms with Crippen LogP contribution < -0.4 is 0 Å². The van der Waals surface area contributed by atoms with E-state index in [1.807, 2.05) is 13.0 Å². The average Bonchev–Trinajstić information content (AvgIpc) is 1.68. The van der Waals surface area contributed by atoms with E-state index in [9.17, 15) is 0 Å². The van der Waals surface area contributed by atoms with Crippen LogP contribution in [0.2, 0.25) is 0 Å². The van der Waals surface area contributed by atoms with Crippen LogP contribution in [-0.4, -0.2) is 5.25 Å². The monoisotopic (exact) mass is 115 g/mol. The van der Waals surface area contributed by atoms with E-state index in [0.29, 0.717) is 5.25 Å². The molecule has 0 saturated carbocycles. The van der Waals surface area contributed by atoms with Crippen LogP contribution in [0.3, 0.4) is 0 Å². The van der Waals surface area contributed by atoms with Crippen molar-refractivity contribution < 1.29 is 0 Å². The van der Waals surface area contributed by atoms with E-state index >= 15 is 0 Å². The van der Waals surface area contributed by atoms with Gasteiger partial charge in [-0.2, -0.15) is 11.8 Å². The summed E-state index contributed by atoms with van der Waals surface area (Å²) in [6.07, 6.45) is 1.94. The molecule has 0 aliphatic rings. The van der Waals surface area contributed by atoms with Gasteiger partial charge in [-0.15, -0.1) is 6.58 Å². The molecule has 41 valence electrons. The molecule has 0 spiro atoms. The smallest absolute Gasteiger partial charge is 0.0199 e. The van der Waals surface area contributed by atoms with Crippen molar-refractivity contribution >= 4 is 11.8 Å². The molecule has 0 amide bonds. The largest absolute Gasteiger partial charge is 0.150 e. The SMILES string of the molecule is C=CC(C)S[CH]C. The van der Waals surface area contributed by atoms with E-state index in [1.54, 1.807) is 11.8 Å². The Kier molecular flexibility index (Phi) is 4.31. The fourth-order valence-electron chi connectivity index (χ4n) is 0.270. The predicted molar refractivity (Wildman–Crippen MR) is 37.2 cm³/mol. The van der Waals surface area contributed by atoms with Crippen LogP contribution in [0.4, 0.5) is 0 Å². The van der Waals surface area contributed by atoms with Gasteiger partial charge in [0, 0.05) is 11.0 Å². The minimum atomic E-state index is 0.574. The predicted octanol–water partition coefficient (Wildman–Crippen LogP) is 2.48. The standard InChI is InChI=1S/C6H11S/c1-4-6(3)7-5-2/h4-6H,1H2,2-3H3. The van der Waals surface area contributed by atoms with Crippen LogP contribution >= 0.6 is 11.8 Å². The number of hydrogen-bond acceptors (Lipinski definition) is 1. The summed E-state index contributed by atoms with van der Waals surface area (Å²) in [4.78, 5) is 0. The van der Waals surface area contributed by atoms with E-state index < -0.39 is 0 Å². The van der Waals surface area contributed by atoms with Gasteiger partial charge in [0.2, 0.25) is 0 Å². The van der Waals surface area contributed by atoms with Gasteiger partial charge in [-0.25, -0.2) is 0 Å². The quantitative estimate of drug-likeness (QED) is 0.509. The van der Waals surface area contributed by atoms with Crippen molar-refractivity contribution in [2.24, 2.45) is 0 Å². The van der Waals surface area contributed by atoms with E-state index in [0.717, 1.165) is 0 Å². The molecule has 1 radical (unpaired) electrons. The van der Waals surface area contributed by atoms with E-state index in [4.69, 9.17) is 0 Å². The minimum absolute atomic E-state index is 0.574. The highest BCUT2D eigenvalue weighted by molar-refractivity contribution is 8.01. The summed E-state index contributed by atoms with van der Waals surface area (Å²) < 4.78 is 0. The lowest BCUT2D eigenvalue weighted by molar-refractivity contribution is 1.26. The van der Waals surface area contributed by atoms with Crippen LogP contribution in [-0.2, 0) is 0 Å². The first-order valence-corrected chi connectivity index (χ1v) is 3.31. The third kappa shape index (κ3) is 3.93. The summed E-state index contributed by atoms with van der Waals surface area (Å²) in [6, 6.07) is 0. The van der Waals surface area contributed by atoms with Gasteiger partial charge in [-0.1, -0.05) is 13.0 Å². The zero-order valence-electron chi connectivity index (χ0n) is 4.85. The highest BCUT2D eigenvalue weighted by Gasteiger charge is 1.89. The van der Waals surface area contributed by atoms with Crippen LogP contribution in [0.1, 0.15) is 13.8 Å². The number of hydrogen-bond donors (Lipinski definition) is 0. The second-order valence-corrected chi connectivity index (χ2v) is 2.80. The Morgan fingerprint density at radius 3 is 2.43 bits per heavy atom. The van der Waals surface area contributed by atoms with Crippen molar-refractivity contribution in [3.63, 3.8) is 0 Å². The highest BCUT2D eigenvalue weighted by Crippen LogP contribution is 2.12. The van der Waals surface area contributed by atoms with Crippen LogP contribution in [0.15, 0.2) is 12.7 Å². The van der Waals surface area contributed by atoms with Gasteiger partial charge in [0.05, 0.1) is 0 Å². The third-order valence-electron chi connectivity index (χ3n) is 0.683. The molecule has 0 heterocycles. The molecule has 1 atom stereocenters. The molecule has 7 heavy (non-hydrogen) atoms. The van der Waals surface area contributed by atoms with Crippen LogP contribution in [0.25, 0.3) is 0 Å². The van der Waals surface area contributed by atoms with Crippen molar-refractivity contribution in [2.75, 3.05) is 0 Å². The first kappa shape index (κ1) is 7.09. The van der Waals surface area contributed by atoms with E-state index in [2.05, 4.69) is 19.3 Å². The zero-order valence-corrected chi connectivity index (χ0v) is 5.66. The van der Waals surface area contributed by atoms with Crippen molar-refractivity contribution in [1.29, 1.82) is 0 Å². The van der Waals surface area contributed by atoms with Crippen LogP contribution in [0, 0.1) is 5.75 Å². The highest BCUT2D eigenvalue weighted by atomic mass is 32.2. The molecular weight excluding hydrogens is 104 g/mol. The molecule has 0 aromatic heterocycles. The Balaban J connectivity index is 2.98. The molecule has 0 rings (SSSR count). The molecular formula is C6H11S. The fraction of sp³-hybridized carbons (Fsp3) is 0.500. The van der Waals surface area contributed by atoms with Crippen molar-refractivity contribution in [1.82, 2.24) is 0 Å². The molecule has 0 aliphatic carbocycles. The minimum Gasteiger partial charge on any atom is -0.150 e. The average molecular weight is 115 g/mol. The summed E-state index contributed by atoms with van der Waals surface area (Å²) >= 11 is 1.79. The zero-order chi connectivity index (χ0) is 5.70. The second-order valence-electron chi connectivity index (χ2n) is 1.31. The van der Waals surface area contributed by atoms with Crippen molar-refractivity contribution in [2.45, 2.75) is 19.1 Å². The van der Waals surface area contributed by atoms with Gasteiger partial charge in [-0.05, 0) is 6.92 Å². The molecule has 0 aromatic carbocycles. The van der Waals surface area contributed by atoms with Gasteiger partial charge >= 0.3 is 0 Å². The van der Waals surface area contributed by atoms with Crippen LogP contribution in [0.5, 0.6) is 0 Å². The summed E-state index contributed by atoms with van der Waals surface area (Å²) in [7, 11) is 0. The maximum atomic E-state index is 3.64. The van der Waals surface area contributed by atoms with Gasteiger partial charge in [0.15, 0.2) is 0 Å². The third-order valence-corrected chi connectivity index (χ3v) is 1.58. The van der Waals surface area contributed by atoms with Gasteiger partial charge in [-0.3, -0.25) is 0 Å². The number of thioether (sulfide) groups is 1. The second kappa shape index (κ2) is 4.25. The Hall–Kier alpha value is 0.0900. The van der Waals surface area contributed by atoms with E-state index in [-0.39, 0.29) is 0 Å². The molecule has 0 aliphatic heterocycles. The van der Waals surface area contributed by atoms with E-state index in [1.165, 1.54) is 0 Å². The fourth-order valence-corrected chi connectivity index (χ4v) is 0.811. The summed E-state index contributed by atoms with van der Waals surface area (Å²) in [5, 5.41) is 0.574. The normalized spacial score (nSPS) is 13.4. The van der Waals surface area contributed by atoms with Crippen molar-refractivity contribution in [3.8, 4) is 0 Å². The summed E-state index contributed by atoms with van der Waals surface area (Å²) in [5.41, 5.74) is 0. The molecule has 1 unspecified atom stereocenters. The number of rotatable bonds is 3. The molecule has 0 nitrogen and oxygen atoms in total. The molecule has 0 N–H and O–H groups in total. The van der Waals surface area contributed by atoms with Gasteiger partial charge < -0.3 is 0 Å². The van der Waals surface area contributed by atoms with Gasteiger partial charge in [0.25, 0.3) is 0 Å². The van der Waals surface area contributed by atoms with Gasteiger partial charge in [0.1, 0.15) is 0 Å². The Bertz CT molecular complexity index is 50.1. The Labute approximate surface area is 50.0 Å². The molecule has 0 aromatic rings. The lowest BCUT2D eigenvalue weighted by Crippen LogP contribution is -1.84. The molecule has 1 heteroatoms.